The minimum atomic E-state index is -0.444. The summed E-state index contributed by atoms with van der Waals surface area (Å²) >= 11 is 6.81. The molecule has 8 aromatic heterocycles. The number of carbonyl (C=O) groups excluding carboxylic acids is 2. The standard InChI is InChI=1S/C19H21N5O.C13H19BN2O3.C12H14BrN3.C7H5BrN2/c1-13(25)23-18-9-14(4-5-20-18)15-8-17-16(11-22-19(17)21-10-15)12-24-6-2-3-7-24;1-9(17)16-11-8-10(6-7-15-11)14-18-12(2,3)13(4,5)19-14;13-10-5-11-9(6-14-12(11)15-7-10)8-16-3-1-2-4-16;8-6-3-5-1-2-9-7(5)10-4-6/h4-5,8-11H,2-3,6-7,12H2,1H3,(H,21,22)(H,20,23,25);6-8H,1-5H3,(H,15,16,17);5-7H,1-4,8H2,(H,14,15);1-4H,(H,9,10). The number of hydrogen-bond acceptors (Lipinski definition) is 11. The Morgan fingerprint density at radius 2 is 1.14 bits per heavy atom. The first-order valence-corrected chi connectivity index (χ1v) is 25.1. The summed E-state index contributed by atoms with van der Waals surface area (Å²) in [6.45, 7) is 17.7. The molecular weight excluding hydrogens is 1020 g/mol. The number of likely N-dealkylation sites (tertiary alicyclic amines) is 2. The second-order valence-electron chi connectivity index (χ2n) is 18.7. The van der Waals surface area contributed by atoms with Gasteiger partial charge in [-0.2, -0.15) is 0 Å². The van der Waals surface area contributed by atoms with Crippen LogP contribution in [0.3, 0.4) is 0 Å². The van der Waals surface area contributed by atoms with E-state index in [-0.39, 0.29) is 23.0 Å². The van der Waals surface area contributed by atoms with Crippen molar-refractivity contribution in [2.24, 2.45) is 0 Å². The van der Waals surface area contributed by atoms with E-state index in [1.54, 1.807) is 24.7 Å². The van der Waals surface area contributed by atoms with E-state index in [0.29, 0.717) is 11.6 Å². The fraction of sp³-hybridized carbons (Fsp3) is 0.353. The van der Waals surface area contributed by atoms with Crippen LogP contribution >= 0.6 is 31.9 Å². The Hall–Kier alpha value is -5.83. The fourth-order valence-corrected chi connectivity index (χ4v) is 9.15. The Labute approximate surface area is 425 Å². The number of halogens is 2. The van der Waals surface area contributed by atoms with Gasteiger partial charge < -0.3 is 34.9 Å². The molecule has 0 unspecified atom stereocenters. The average Bonchev–Trinajstić information content (AvgIpc) is 4.20. The van der Waals surface area contributed by atoms with Crippen LogP contribution in [0.15, 0.2) is 107 Å². The van der Waals surface area contributed by atoms with Gasteiger partial charge in [0.15, 0.2) is 0 Å². The van der Waals surface area contributed by atoms with Gasteiger partial charge in [0.05, 0.1) is 11.2 Å². The van der Waals surface area contributed by atoms with Gasteiger partial charge in [0.2, 0.25) is 11.8 Å². The molecule has 364 valence electrons. The lowest BCUT2D eigenvalue weighted by Crippen LogP contribution is -2.41. The second kappa shape index (κ2) is 22.5. The van der Waals surface area contributed by atoms with Crippen LogP contribution in [0.5, 0.6) is 0 Å². The lowest BCUT2D eigenvalue weighted by molar-refractivity contribution is -0.115. The number of pyridine rings is 5. The summed E-state index contributed by atoms with van der Waals surface area (Å²) in [5.74, 6) is 0.770. The predicted octanol–water partition coefficient (Wildman–Crippen LogP) is 9.76. The van der Waals surface area contributed by atoms with Crippen molar-refractivity contribution in [1.82, 2.24) is 49.7 Å². The first-order chi connectivity index (χ1) is 33.6. The van der Waals surface area contributed by atoms with E-state index >= 15 is 0 Å². The molecule has 16 nitrogen and oxygen atoms in total. The number of H-pyrrole nitrogens is 3. The molecule has 0 atom stereocenters. The van der Waals surface area contributed by atoms with Gasteiger partial charge in [0, 0.05) is 107 Å². The van der Waals surface area contributed by atoms with E-state index < -0.39 is 7.12 Å². The van der Waals surface area contributed by atoms with E-state index in [4.69, 9.17) is 9.31 Å². The van der Waals surface area contributed by atoms with Gasteiger partial charge >= 0.3 is 7.12 Å². The molecular formula is C51H59BBr2N12O4. The van der Waals surface area contributed by atoms with Gasteiger partial charge in [-0.1, -0.05) is 0 Å². The Balaban J connectivity index is 0.000000131. The van der Waals surface area contributed by atoms with Crippen molar-refractivity contribution < 1.29 is 18.9 Å². The molecule has 70 heavy (non-hydrogen) atoms. The Kier molecular flexibility index (Phi) is 16.3. The molecule has 3 fully saturated rings. The van der Waals surface area contributed by atoms with Gasteiger partial charge in [0.25, 0.3) is 0 Å². The van der Waals surface area contributed by atoms with Crippen molar-refractivity contribution in [3.63, 3.8) is 0 Å². The third-order valence-electron chi connectivity index (χ3n) is 12.8. The zero-order chi connectivity index (χ0) is 49.4. The highest BCUT2D eigenvalue weighted by Gasteiger charge is 2.51. The van der Waals surface area contributed by atoms with Crippen LogP contribution in [0.4, 0.5) is 11.6 Å². The minimum absolute atomic E-state index is 0.128. The van der Waals surface area contributed by atoms with Crippen LogP contribution in [0.1, 0.15) is 78.4 Å². The zero-order valence-corrected chi connectivity index (χ0v) is 43.6. The maximum atomic E-state index is 11.2. The van der Waals surface area contributed by atoms with Crippen molar-refractivity contribution in [3.8, 4) is 11.1 Å². The van der Waals surface area contributed by atoms with Crippen LogP contribution in [0.25, 0.3) is 44.2 Å². The van der Waals surface area contributed by atoms with E-state index in [9.17, 15) is 9.59 Å². The van der Waals surface area contributed by atoms with Crippen molar-refractivity contribution in [3.05, 3.63) is 118 Å². The predicted molar refractivity (Wildman–Crippen MR) is 284 cm³/mol. The maximum Gasteiger partial charge on any atom is 0.495 e. The Morgan fingerprint density at radius 3 is 1.73 bits per heavy atom. The third-order valence-corrected chi connectivity index (χ3v) is 13.6. The van der Waals surface area contributed by atoms with Gasteiger partial charge in [-0.3, -0.25) is 19.4 Å². The number of carbonyl (C=O) groups is 2. The van der Waals surface area contributed by atoms with Crippen LogP contribution in [-0.4, -0.2) is 106 Å². The number of aromatic nitrogens is 8. The molecule has 8 aromatic rings. The van der Waals surface area contributed by atoms with E-state index in [1.807, 2.05) is 76.6 Å². The molecule has 11 heterocycles. The molecule has 0 radical (unpaired) electrons. The molecule has 19 heteroatoms. The van der Waals surface area contributed by atoms with Gasteiger partial charge in [0.1, 0.15) is 28.6 Å². The number of amides is 2. The lowest BCUT2D eigenvalue weighted by atomic mass is 9.80. The maximum absolute atomic E-state index is 11.2. The number of aromatic amines is 3. The number of hydrogen-bond donors (Lipinski definition) is 5. The molecule has 3 aliphatic heterocycles. The largest absolute Gasteiger partial charge is 0.495 e. The molecule has 11 rings (SSSR count). The summed E-state index contributed by atoms with van der Waals surface area (Å²) in [5.41, 5.74) is 7.55. The molecule has 5 N–H and O–H groups in total. The molecule has 3 aliphatic rings. The highest BCUT2D eigenvalue weighted by atomic mass is 79.9. The normalized spacial score (nSPS) is 16.3. The van der Waals surface area contributed by atoms with E-state index in [1.165, 1.54) is 82.2 Å². The van der Waals surface area contributed by atoms with Crippen molar-refractivity contribution >= 4 is 101 Å². The lowest BCUT2D eigenvalue weighted by Gasteiger charge is -2.32. The molecule has 3 saturated heterocycles. The Morgan fingerprint density at radius 1 is 0.629 bits per heavy atom. The van der Waals surface area contributed by atoms with Crippen LogP contribution < -0.4 is 16.1 Å². The molecule has 2 amide bonds. The molecule has 0 aromatic carbocycles. The quantitative estimate of drug-likeness (QED) is 0.0910. The molecule has 0 spiro atoms. The van der Waals surface area contributed by atoms with Gasteiger partial charge in [-0.05, 0) is 182 Å². The molecule has 0 aliphatic carbocycles. The van der Waals surface area contributed by atoms with Gasteiger partial charge in [-0.15, -0.1) is 0 Å². The monoisotopic (exact) mass is 1070 g/mol. The highest BCUT2D eigenvalue weighted by Crippen LogP contribution is 2.36. The second-order valence-corrected chi connectivity index (χ2v) is 20.5. The van der Waals surface area contributed by atoms with Crippen LogP contribution in [0, 0.1) is 0 Å². The summed E-state index contributed by atoms with van der Waals surface area (Å²) in [7, 11) is -0.444. The summed E-state index contributed by atoms with van der Waals surface area (Å²) in [5, 5.41) is 8.90. The van der Waals surface area contributed by atoms with Crippen LogP contribution in [-0.2, 0) is 32.0 Å². The smallest absolute Gasteiger partial charge is 0.399 e. The topological polar surface area (TPSA) is 195 Å². The number of rotatable bonds is 8. The van der Waals surface area contributed by atoms with Crippen LogP contribution in [0.2, 0.25) is 0 Å². The summed E-state index contributed by atoms with van der Waals surface area (Å²) in [6.07, 6.45) is 20.1. The first kappa shape index (κ1) is 50.6. The van der Waals surface area contributed by atoms with Crippen molar-refractivity contribution in [1.29, 1.82) is 0 Å². The average molecular weight is 1070 g/mol. The summed E-state index contributed by atoms with van der Waals surface area (Å²) in [4.78, 5) is 58.1. The molecule has 0 saturated carbocycles. The number of fused-ring (bicyclic) bond motifs is 3. The van der Waals surface area contributed by atoms with Crippen molar-refractivity contribution in [2.45, 2.75) is 91.5 Å². The number of nitrogens with one attached hydrogen (secondary N) is 5. The SMILES string of the molecule is Brc1cnc2[nH]cc(CN3CCCC3)c2c1.Brc1cnc2[nH]ccc2c1.CC(=O)Nc1cc(-c2cnc3[nH]cc(CN4CCCC4)c3c2)ccn1.CC(=O)Nc1cc(B2OC(C)(C)C(C)(C)O2)ccn1. The summed E-state index contributed by atoms with van der Waals surface area (Å²) in [6, 6.07) is 15.7. The van der Waals surface area contributed by atoms with E-state index in [0.717, 1.165) is 66.3 Å². The first-order valence-electron chi connectivity index (χ1n) is 23.5. The van der Waals surface area contributed by atoms with Crippen molar-refractivity contribution in [2.75, 3.05) is 36.8 Å². The zero-order valence-electron chi connectivity index (χ0n) is 40.4. The fourth-order valence-electron chi connectivity index (χ4n) is 8.47. The summed E-state index contributed by atoms with van der Waals surface area (Å²) < 4.78 is 14.0. The highest BCUT2D eigenvalue weighted by molar-refractivity contribution is 9.10. The minimum Gasteiger partial charge on any atom is -0.399 e. The van der Waals surface area contributed by atoms with E-state index in [2.05, 4.69) is 117 Å². The third kappa shape index (κ3) is 12.9. The number of anilines is 2. The molecule has 0 bridgehead atoms. The van der Waals surface area contributed by atoms with Gasteiger partial charge in [-0.25, -0.2) is 24.9 Å². The number of nitrogens with zero attached hydrogens (tertiary/aromatic N) is 7. The Bertz CT molecular complexity index is 3050.